The Morgan fingerprint density at radius 1 is 1.50 bits per heavy atom. The van der Waals surface area contributed by atoms with E-state index in [9.17, 15) is 4.79 Å². The Hall–Kier alpha value is -1.12. The molecule has 0 heterocycles. The van der Waals surface area contributed by atoms with E-state index in [1.807, 2.05) is 12.1 Å². The van der Waals surface area contributed by atoms with E-state index in [4.69, 9.17) is 4.74 Å². The highest BCUT2D eigenvalue weighted by atomic mass is 79.9. The second-order valence-electron chi connectivity index (χ2n) is 3.76. The predicted molar refractivity (Wildman–Crippen MR) is 66.6 cm³/mol. The Kier molecular flexibility index (Phi) is 4.71. The Balaban J connectivity index is 3.23. The average molecular weight is 284 g/mol. The second kappa shape index (κ2) is 5.83. The number of ether oxygens (including phenoxy) is 1. The van der Waals surface area contributed by atoms with Crippen molar-refractivity contribution in [3.63, 3.8) is 0 Å². The summed E-state index contributed by atoms with van der Waals surface area (Å²) in [5.41, 5.74) is 2.10. The number of aliphatic imine (C=N–C) groups is 1. The van der Waals surface area contributed by atoms with Gasteiger partial charge in [-0.05, 0) is 39.0 Å². The average Bonchev–Trinajstić information content (AvgIpc) is 2.27. The number of isocyanates is 1. The lowest BCUT2D eigenvalue weighted by Gasteiger charge is -2.13. The van der Waals surface area contributed by atoms with E-state index in [0.717, 1.165) is 21.3 Å². The molecule has 0 amide bonds. The van der Waals surface area contributed by atoms with Crippen molar-refractivity contribution < 1.29 is 9.53 Å². The van der Waals surface area contributed by atoms with Crippen LogP contribution in [0.25, 0.3) is 0 Å². The predicted octanol–water partition coefficient (Wildman–Crippen LogP) is 3.42. The van der Waals surface area contributed by atoms with E-state index in [1.165, 1.54) is 0 Å². The molecule has 4 heteroatoms. The molecule has 0 aliphatic rings. The molecule has 16 heavy (non-hydrogen) atoms. The van der Waals surface area contributed by atoms with Crippen molar-refractivity contribution in [1.82, 2.24) is 0 Å². The zero-order valence-corrected chi connectivity index (χ0v) is 11.2. The monoisotopic (exact) mass is 283 g/mol. The van der Waals surface area contributed by atoms with Crippen molar-refractivity contribution in [3.8, 4) is 5.75 Å². The third-order valence-corrected chi connectivity index (χ3v) is 3.24. The fraction of sp³-hybridized carbons (Fsp3) is 0.417. The normalized spacial score (nSPS) is 10.1. The molecule has 1 aromatic carbocycles. The van der Waals surface area contributed by atoms with E-state index in [0.29, 0.717) is 12.5 Å². The standard InChI is InChI=1S/C12H14BrNO2/c1-8(2)9-4-10(6-14-7-15)12(13)11(5-9)16-3/h4-5,8H,6H2,1-3H3. The molecule has 86 valence electrons. The molecule has 0 bridgehead atoms. The van der Waals surface area contributed by atoms with Gasteiger partial charge in [0, 0.05) is 0 Å². The minimum atomic E-state index is 0.320. The summed E-state index contributed by atoms with van der Waals surface area (Å²) >= 11 is 3.44. The lowest BCUT2D eigenvalue weighted by molar-refractivity contribution is 0.410. The Bertz CT molecular complexity index is 423. The first kappa shape index (κ1) is 12.9. The van der Waals surface area contributed by atoms with Gasteiger partial charge in [0.1, 0.15) is 5.75 Å². The van der Waals surface area contributed by atoms with Crippen LogP contribution in [0.15, 0.2) is 21.6 Å². The zero-order chi connectivity index (χ0) is 12.1. The third kappa shape index (κ3) is 2.94. The number of benzene rings is 1. The molecule has 1 rings (SSSR count). The summed E-state index contributed by atoms with van der Waals surface area (Å²) in [7, 11) is 1.62. The fourth-order valence-electron chi connectivity index (χ4n) is 1.39. The number of hydrogen-bond acceptors (Lipinski definition) is 3. The minimum Gasteiger partial charge on any atom is -0.496 e. The van der Waals surface area contributed by atoms with Crippen LogP contribution in [0.1, 0.15) is 30.9 Å². The Labute approximate surface area is 104 Å². The van der Waals surface area contributed by atoms with Crippen LogP contribution < -0.4 is 4.74 Å². The quantitative estimate of drug-likeness (QED) is 0.627. The van der Waals surface area contributed by atoms with Gasteiger partial charge in [0.25, 0.3) is 0 Å². The van der Waals surface area contributed by atoms with Crippen LogP contribution in [0.3, 0.4) is 0 Å². The highest BCUT2D eigenvalue weighted by Crippen LogP contribution is 2.33. The summed E-state index contributed by atoms with van der Waals surface area (Å²) in [6.07, 6.45) is 1.54. The van der Waals surface area contributed by atoms with Gasteiger partial charge in [-0.25, -0.2) is 9.79 Å². The maximum Gasteiger partial charge on any atom is 0.235 e. The highest BCUT2D eigenvalue weighted by Gasteiger charge is 2.10. The Morgan fingerprint density at radius 3 is 2.69 bits per heavy atom. The summed E-state index contributed by atoms with van der Waals surface area (Å²) in [6.45, 7) is 4.53. The molecule has 0 aliphatic carbocycles. The molecule has 0 unspecified atom stereocenters. The van der Waals surface area contributed by atoms with Crippen LogP contribution in [0.4, 0.5) is 0 Å². The molecule has 3 nitrogen and oxygen atoms in total. The van der Waals surface area contributed by atoms with Crippen LogP contribution >= 0.6 is 15.9 Å². The maximum atomic E-state index is 10.1. The van der Waals surface area contributed by atoms with Gasteiger partial charge in [-0.3, -0.25) is 0 Å². The van der Waals surface area contributed by atoms with Crippen LogP contribution in [0.2, 0.25) is 0 Å². The summed E-state index contributed by atoms with van der Waals surface area (Å²) in [4.78, 5) is 13.7. The first-order valence-electron chi connectivity index (χ1n) is 5.00. The molecule has 1 aromatic rings. The lowest BCUT2D eigenvalue weighted by atomic mass is 10.0. The zero-order valence-electron chi connectivity index (χ0n) is 9.58. The van der Waals surface area contributed by atoms with E-state index < -0.39 is 0 Å². The van der Waals surface area contributed by atoms with Gasteiger partial charge in [0.2, 0.25) is 6.08 Å². The fourth-order valence-corrected chi connectivity index (χ4v) is 1.91. The van der Waals surface area contributed by atoms with E-state index in [2.05, 4.69) is 34.8 Å². The molecule has 0 saturated carbocycles. The van der Waals surface area contributed by atoms with Crippen LogP contribution in [0.5, 0.6) is 5.75 Å². The van der Waals surface area contributed by atoms with Crippen molar-refractivity contribution >= 4 is 22.0 Å². The molecule has 0 aromatic heterocycles. The molecule has 0 fully saturated rings. The van der Waals surface area contributed by atoms with Crippen molar-refractivity contribution in [2.45, 2.75) is 26.3 Å². The smallest absolute Gasteiger partial charge is 0.235 e. The molecule has 0 radical (unpaired) electrons. The maximum absolute atomic E-state index is 10.1. The molecule has 0 N–H and O–H groups in total. The number of carbonyl (C=O) groups excluding carboxylic acids is 1. The lowest BCUT2D eigenvalue weighted by Crippen LogP contribution is -1.96. The van der Waals surface area contributed by atoms with Gasteiger partial charge in [-0.1, -0.05) is 19.9 Å². The summed E-state index contributed by atoms with van der Waals surface area (Å²) < 4.78 is 6.12. The Morgan fingerprint density at radius 2 is 2.19 bits per heavy atom. The van der Waals surface area contributed by atoms with Gasteiger partial charge in [0.15, 0.2) is 0 Å². The number of nitrogens with zero attached hydrogens (tertiary/aromatic N) is 1. The van der Waals surface area contributed by atoms with Gasteiger partial charge < -0.3 is 4.74 Å². The number of halogens is 1. The minimum absolute atomic E-state index is 0.320. The first-order valence-corrected chi connectivity index (χ1v) is 5.79. The van der Waals surface area contributed by atoms with Crippen molar-refractivity contribution in [2.24, 2.45) is 4.99 Å². The van der Waals surface area contributed by atoms with E-state index >= 15 is 0 Å². The molecular formula is C12H14BrNO2. The molecule has 0 aliphatic heterocycles. The number of methoxy groups -OCH3 is 1. The molecule has 0 saturated heterocycles. The number of rotatable bonds is 4. The van der Waals surface area contributed by atoms with Crippen molar-refractivity contribution in [3.05, 3.63) is 27.7 Å². The highest BCUT2D eigenvalue weighted by molar-refractivity contribution is 9.10. The van der Waals surface area contributed by atoms with Crippen LogP contribution in [0, 0.1) is 0 Å². The largest absolute Gasteiger partial charge is 0.496 e. The molecule has 0 atom stereocenters. The van der Waals surface area contributed by atoms with E-state index in [-0.39, 0.29) is 0 Å². The van der Waals surface area contributed by atoms with Crippen LogP contribution in [-0.4, -0.2) is 13.2 Å². The summed E-state index contributed by atoms with van der Waals surface area (Å²) in [6, 6.07) is 4.01. The van der Waals surface area contributed by atoms with Gasteiger partial charge in [0.05, 0.1) is 18.1 Å². The summed E-state index contributed by atoms with van der Waals surface area (Å²) in [5.74, 6) is 1.17. The van der Waals surface area contributed by atoms with Crippen molar-refractivity contribution in [1.29, 1.82) is 0 Å². The van der Waals surface area contributed by atoms with Crippen LogP contribution in [-0.2, 0) is 11.3 Å². The van der Waals surface area contributed by atoms with E-state index in [1.54, 1.807) is 13.2 Å². The van der Waals surface area contributed by atoms with Gasteiger partial charge in [-0.15, -0.1) is 0 Å². The first-order chi connectivity index (χ1) is 7.60. The topological polar surface area (TPSA) is 38.7 Å². The van der Waals surface area contributed by atoms with Gasteiger partial charge in [-0.2, -0.15) is 0 Å². The van der Waals surface area contributed by atoms with Gasteiger partial charge >= 0.3 is 0 Å². The second-order valence-corrected chi connectivity index (χ2v) is 4.55. The summed E-state index contributed by atoms with van der Waals surface area (Å²) in [5, 5.41) is 0. The third-order valence-electron chi connectivity index (χ3n) is 2.34. The number of hydrogen-bond donors (Lipinski definition) is 0. The molecular weight excluding hydrogens is 270 g/mol. The molecule has 0 spiro atoms. The van der Waals surface area contributed by atoms with Crippen molar-refractivity contribution in [2.75, 3.05) is 7.11 Å². The SMILES string of the molecule is COc1cc(C(C)C)cc(CN=C=O)c1Br.